The van der Waals surface area contributed by atoms with E-state index in [9.17, 15) is 19.7 Å². The lowest BCUT2D eigenvalue weighted by molar-refractivity contribution is -0.384. The van der Waals surface area contributed by atoms with Gasteiger partial charge in [0.2, 0.25) is 0 Å². The topological polar surface area (TPSA) is 111 Å². The van der Waals surface area contributed by atoms with E-state index in [2.05, 4.69) is 10.6 Å². The van der Waals surface area contributed by atoms with Crippen molar-refractivity contribution in [2.24, 2.45) is 0 Å². The maximum Gasteiger partial charge on any atom is 0.341 e. The molecule has 0 aliphatic rings. The van der Waals surface area contributed by atoms with Crippen LogP contribution in [0.3, 0.4) is 0 Å². The van der Waals surface area contributed by atoms with E-state index in [4.69, 9.17) is 4.74 Å². The molecule has 2 rings (SSSR count). The molecule has 0 saturated heterocycles. The molecule has 2 N–H and O–H groups in total. The summed E-state index contributed by atoms with van der Waals surface area (Å²) in [4.78, 5) is 35.1. The minimum absolute atomic E-state index is 0.0157. The van der Waals surface area contributed by atoms with E-state index in [1.807, 2.05) is 32.0 Å². The number of hydrogen-bond acceptors (Lipinski definition) is 6. The highest BCUT2D eigenvalue weighted by Crippen LogP contribution is 2.23. The third-order valence-electron chi connectivity index (χ3n) is 4.01. The number of benzene rings is 2. The van der Waals surface area contributed by atoms with E-state index in [0.717, 1.165) is 17.2 Å². The number of rotatable bonds is 6. The van der Waals surface area contributed by atoms with Crippen LogP contribution in [0.1, 0.15) is 28.4 Å². The number of aryl methyl sites for hydroxylation is 2. The van der Waals surface area contributed by atoms with Gasteiger partial charge in [-0.2, -0.15) is 0 Å². The number of carbonyl (C=O) groups excluding carboxylic acids is 2. The molecule has 0 radical (unpaired) electrons. The average molecular weight is 371 g/mol. The fourth-order valence-corrected chi connectivity index (χ4v) is 2.42. The molecule has 0 unspecified atom stereocenters. The van der Waals surface area contributed by atoms with E-state index in [1.165, 1.54) is 19.1 Å². The van der Waals surface area contributed by atoms with Crippen molar-refractivity contribution >= 4 is 28.9 Å². The minimum atomic E-state index is -1.08. The number of nitrogens with one attached hydrogen (secondary N) is 2. The molecule has 0 fully saturated rings. The van der Waals surface area contributed by atoms with E-state index >= 15 is 0 Å². The second kappa shape index (κ2) is 8.31. The molecule has 0 aliphatic carbocycles. The lowest BCUT2D eigenvalue weighted by Gasteiger charge is -2.16. The lowest BCUT2D eigenvalue weighted by atomic mass is 10.1. The summed E-state index contributed by atoms with van der Waals surface area (Å²) in [6.07, 6.45) is -1.08. The number of nitro groups is 1. The molecule has 142 valence electrons. The third-order valence-corrected chi connectivity index (χ3v) is 4.01. The zero-order valence-electron chi connectivity index (χ0n) is 15.5. The maximum atomic E-state index is 12.4. The van der Waals surface area contributed by atoms with Crippen LogP contribution in [-0.2, 0) is 9.53 Å². The quantitative estimate of drug-likeness (QED) is 0.457. The molecule has 0 aromatic heterocycles. The monoisotopic (exact) mass is 371 g/mol. The number of ether oxygens (including phenoxy) is 1. The largest absolute Gasteiger partial charge is 0.449 e. The Morgan fingerprint density at radius 2 is 1.81 bits per heavy atom. The van der Waals surface area contributed by atoms with Crippen molar-refractivity contribution in [3.8, 4) is 0 Å². The summed E-state index contributed by atoms with van der Waals surface area (Å²) in [6.45, 7) is 5.20. The Morgan fingerprint density at radius 3 is 2.44 bits per heavy atom. The van der Waals surface area contributed by atoms with Gasteiger partial charge in [0.15, 0.2) is 6.10 Å². The Morgan fingerprint density at radius 1 is 1.11 bits per heavy atom. The predicted octanol–water partition coefficient (Wildman–Crippen LogP) is 3.44. The zero-order chi connectivity index (χ0) is 20.1. The van der Waals surface area contributed by atoms with E-state index in [1.54, 1.807) is 7.05 Å². The van der Waals surface area contributed by atoms with Gasteiger partial charge in [0.1, 0.15) is 0 Å². The van der Waals surface area contributed by atoms with Gasteiger partial charge < -0.3 is 15.4 Å². The molecule has 2 aromatic rings. The lowest BCUT2D eigenvalue weighted by Crippen LogP contribution is -2.30. The number of non-ortho nitro benzene ring substituents is 1. The van der Waals surface area contributed by atoms with Crippen molar-refractivity contribution in [3.63, 3.8) is 0 Å². The number of esters is 1. The molecule has 0 aliphatic heterocycles. The number of hydrogen-bond donors (Lipinski definition) is 2. The highest BCUT2D eigenvalue weighted by molar-refractivity contribution is 6.00. The van der Waals surface area contributed by atoms with Crippen LogP contribution in [0.25, 0.3) is 0 Å². The van der Waals surface area contributed by atoms with Crippen molar-refractivity contribution in [1.82, 2.24) is 0 Å². The number of nitrogens with zero attached hydrogens (tertiary/aromatic N) is 1. The van der Waals surface area contributed by atoms with Crippen molar-refractivity contribution in [3.05, 3.63) is 63.2 Å². The number of nitro benzene ring substituents is 1. The molecule has 8 nitrogen and oxygen atoms in total. The standard InChI is InChI=1S/C19H21N3O5/c1-11-5-6-12(2)17(9-11)21-18(23)13(3)27-19(24)15-10-14(22(25)26)7-8-16(15)20-4/h5-10,13,20H,1-4H3,(H,21,23)/t13-/m1/s1. The van der Waals surface area contributed by atoms with Crippen LogP contribution in [0.4, 0.5) is 17.1 Å². The number of amides is 1. The second-order valence-corrected chi connectivity index (χ2v) is 6.09. The molecule has 2 aromatic carbocycles. The molecule has 0 spiro atoms. The first kappa shape index (κ1) is 19.9. The molecular formula is C19H21N3O5. The normalized spacial score (nSPS) is 11.4. The molecule has 8 heteroatoms. The molecule has 0 saturated carbocycles. The van der Waals surface area contributed by atoms with E-state index < -0.39 is 22.9 Å². The molecule has 1 atom stereocenters. The Hall–Kier alpha value is -3.42. The molecule has 1 amide bonds. The predicted molar refractivity (Wildman–Crippen MR) is 102 cm³/mol. The average Bonchev–Trinajstić information content (AvgIpc) is 2.63. The first-order valence-corrected chi connectivity index (χ1v) is 8.28. The SMILES string of the molecule is CNc1ccc([N+](=O)[O-])cc1C(=O)O[C@H](C)C(=O)Nc1cc(C)ccc1C. The highest BCUT2D eigenvalue weighted by Gasteiger charge is 2.23. The van der Waals surface area contributed by atoms with Crippen LogP contribution in [-0.4, -0.2) is 30.0 Å². The Labute approximate surface area is 156 Å². The van der Waals surface area contributed by atoms with Crippen molar-refractivity contribution in [1.29, 1.82) is 0 Å². The van der Waals surface area contributed by atoms with Crippen LogP contribution in [0, 0.1) is 24.0 Å². The van der Waals surface area contributed by atoms with Crippen LogP contribution in [0.15, 0.2) is 36.4 Å². The van der Waals surface area contributed by atoms with Crippen LogP contribution in [0.5, 0.6) is 0 Å². The third kappa shape index (κ3) is 4.81. The van der Waals surface area contributed by atoms with Gasteiger partial charge in [-0.1, -0.05) is 12.1 Å². The Balaban J connectivity index is 2.15. The van der Waals surface area contributed by atoms with Gasteiger partial charge in [-0.15, -0.1) is 0 Å². The van der Waals surface area contributed by atoms with Gasteiger partial charge >= 0.3 is 5.97 Å². The van der Waals surface area contributed by atoms with Gasteiger partial charge in [0.25, 0.3) is 11.6 Å². The fourth-order valence-electron chi connectivity index (χ4n) is 2.42. The summed E-state index contributed by atoms with van der Waals surface area (Å²) in [5.74, 6) is -1.32. The van der Waals surface area contributed by atoms with Gasteiger partial charge in [0.05, 0.1) is 10.5 Å². The van der Waals surface area contributed by atoms with Gasteiger partial charge in [-0.25, -0.2) is 4.79 Å². The summed E-state index contributed by atoms with van der Waals surface area (Å²) in [6, 6.07) is 9.43. The molecule has 27 heavy (non-hydrogen) atoms. The number of carbonyl (C=O) groups is 2. The van der Waals surface area contributed by atoms with Crippen molar-refractivity contribution in [2.75, 3.05) is 17.7 Å². The molecule has 0 bridgehead atoms. The van der Waals surface area contributed by atoms with Crippen LogP contribution in [0.2, 0.25) is 0 Å². The molecular weight excluding hydrogens is 350 g/mol. The van der Waals surface area contributed by atoms with Crippen molar-refractivity contribution < 1.29 is 19.2 Å². The summed E-state index contributed by atoms with van der Waals surface area (Å²) in [5, 5.41) is 16.4. The minimum Gasteiger partial charge on any atom is -0.449 e. The fraction of sp³-hybridized carbons (Fsp3) is 0.263. The van der Waals surface area contributed by atoms with Crippen LogP contribution < -0.4 is 10.6 Å². The van der Waals surface area contributed by atoms with E-state index in [-0.39, 0.29) is 11.3 Å². The summed E-state index contributed by atoms with van der Waals surface area (Å²) in [5.41, 5.74) is 2.60. The van der Waals surface area contributed by atoms with Crippen molar-refractivity contribution in [2.45, 2.75) is 26.9 Å². The number of anilines is 2. The first-order valence-electron chi connectivity index (χ1n) is 8.28. The maximum absolute atomic E-state index is 12.4. The Kier molecular flexibility index (Phi) is 6.12. The zero-order valence-corrected chi connectivity index (χ0v) is 15.5. The second-order valence-electron chi connectivity index (χ2n) is 6.09. The highest BCUT2D eigenvalue weighted by atomic mass is 16.6. The summed E-state index contributed by atoms with van der Waals surface area (Å²) >= 11 is 0. The Bertz CT molecular complexity index is 895. The van der Waals surface area contributed by atoms with Gasteiger partial charge in [-0.05, 0) is 44.0 Å². The summed E-state index contributed by atoms with van der Waals surface area (Å²) in [7, 11) is 1.58. The van der Waals surface area contributed by atoms with Gasteiger partial charge in [-0.3, -0.25) is 14.9 Å². The first-order chi connectivity index (χ1) is 12.7. The van der Waals surface area contributed by atoms with Crippen LogP contribution >= 0.6 is 0 Å². The van der Waals surface area contributed by atoms with Gasteiger partial charge in [0, 0.05) is 30.6 Å². The van der Waals surface area contributed by atoms with E-state index in [0.29, 0.717) is 11.4 Å². The molecule has 0 heterocycles. The smallest absolute Gasteiger partial charge is 0.341 e. The summed E-state index contributed by atoms with van der Waals surface area (Å²) < 4.78 is 5.20.